The smallest absolute Gasteiger partial charge is 0.0587 e. The van der Waals surface area contributed by atoms with E-state index >= 15 is 0 Å². The summed E-state index contributed by atoms with van der Waals surface area (Å²) in [5, 5.41) is 7.61. The molecule has 4 nitrogen and oxygen atoms in total. The van der Waals surface area contributed by atoms with Crippen molar-refractivity contribution in [1.82, 2.24) is 15.1 Å². The van der Waals surface area contributed by atoms with Gasteiger partial charge in [0, 0.05) is 39.1 Å². The molecule has 0 atom stereocenters. The minimum absolute atomic E-state index is 0.304. The lowest BCUT2D eigenvalue weighted by atomic mass is 9.87. The molecule has 0 aromatic carbocycles. The molecule has 1 aromatic rings. The lowest BCUT2D eigenvalue weighted by molar-refractivity contribution is 0.193. The molecule has 0 bridgehead atoms. The molecule has 17 heavy (non-hydrogen) atoms. The van der Waals surface area contributed by atoms with Crippen LogP contribution in [0.15, 0.2) is 12.3 Å². The van der Waals surface area contributed by atoms with Gasteiger partial charge >= 0.3 is 0 Å². The lowest BCUT2D eigenvalue weighted by Gasteiger charge is -2.25. The highest BCUT2D eigenvalue weighted by Crippen LogP contribution is 2.21. The lowest BCUT2D eigenvalue weighted by Crippen LogP contribution is -2.32. The Labute approximate surface area is 104 Å². The van der Waals surface area contributed by atoms with Crippen molar-refractivity contribution in [2.45, 2.75) is 26.7 Å². The first-order valence-electron chi connectivity index (χ1n) is 6.22. The van der Waals surface area contributed by atoms with Crippen LogP contribution in [0.25, 0.3) is 0 Å². The molecule has 0 aliphatic heterocycles. The second-order valence-electron chi connectivity index (χ2n) is 5.28. The highest BCUT2D eigenvalue weighted by molar-refractivity contribution is 5.00. The summed E-state index contributed by atoms with van der Waals surface area (Å²) in [4.78, 5) is 0. The molecule has 0 spiro atoms. The van der Waals surface area contributed by atoms with Crippen molar-refractivity contribution < 1.29 is 4.74 Å². The summed E-state index contributed by atoms with van der Waals surface area (Å²) in [5.41, 5.74) is 1.60. The molecule has 0 saturated carbocycles. The van der Waals surface area contributed by atoms with Gasteiger partial charge in [-0.1, -0.05) is 13.8 Å². The predicted molar refractivity (Wildman–Crippen MR) is 70.1 cm³/mol. The molecule has 1 N–H and O–H groups in total. The summed E-state index contributed by atoms with van der Waals surface area (Å²) in [5.74, 6) is 0. The van der Waals surface area contributed by atoms with E-state index in [2.05, 4.69) is 30.3 Å². The van der Waals surface area contributed by atoms with E-state index in [4.69, 9.17) is 4.74 Å². The number of hydrogen-bond donors (Lipinski definition) is 1. The molecule has 0 amide bonds. The predicted octanol–water partition coefficient (Wildman–Crippen LogP) is 1.61. The van der Waals surface area contributed by atoms with E-state index in [9.17, 15) is 0 Å². The van der Waals surface area contributed by atoms with E-state index in [1.807, 2.05) is 17.9 Å². The fraction of sp³-hybridized carbons (Fsp3) is 0.769. The van der Waals surface area contributed by atoms with Gasteiger partial charge in [0.1, 0.15) is 0 Å². The minimum Gasteiger partial charge on any atom is -0.383 e. The zero-order chi connectivity index (χ0) is 12.7. The fourth-order valence-corrected chi connectivity index (χ4v) is 1.80. The van der Waals surface area contributed by atoms with Crippen molar-refractivity contribution in [3.05, 3.63) is 18.0 Å². The summed E-state index contributed by atoms with van der Waals surface area (Å²) in [6.45, 7) is 7.31. The van der Waals surface area contributed by atoms with Crippen LogP contribution in [-0.2, 0) is 18.2 Å². The first-order chi connectivity index (χ1) is 8.05. The fourth-order valence-electron chi connectivity index (χ4n) is 1.80. The SMILES string of the molecule is COCCNCC(C)(C)CCc1ccnn1C. The zero-order valence-corrected chi connectivity index (χ0v) is 11.5. The Kier molecular flexibility index (Phi) is 5.65. The number of nitrogens with zero attached hydrogens (tertiary/aromatic N) is 2. The highest BCUT2D eigenvalue weighted by atomic mass is 16.5. The maximum atomic E-state index is 5.02. The van der Waals surface area contributed by atoms with Gasteiger partial charge in [-0.15, -0.1) is 0 Å². The van der Waals surface area contributed by atoms with Gasteiger partial charge in [0.2, 0.25) is 0 Å². The molecule has 0 saturated heterocycles. The molecule has 1 rings (SSSR count). The number of rotatable bonds is 8. The van der Waals surface area contributed by atoms with Gasteiger partial charge in [-0.2, -0.15) is 5.10 Å². The zero-order valence-electron chi connectivity index (χ0n) is 11.5. The molecule has 0 unspecified atom stereocenters. The second-order valence-corrected chi connectivity index (χ2v) is 5.28. The van der Waals surface area contributed by atoms with Crippen molar-refractivity contribution in [3.63, 3.8) is 0 Å². The summed E-state index contributed by atoms with van der Waals surface area (Å²) in [6, 6.07) is 2.09. The molecule has 0 radical (unpaired) electrons. The van der Waals surface area contributed by atoms with Crippen LogP contribution in [-0.4, -0.2) is 36.6 Å². The average molecular weight is 239 g/mol. The van der Waals surface area contributed by atoms with Crippen LogP contribution < -0.4 is 5.32 Å². The standard InChI is InChI=1S/C13H25N3O/c1-13(2,11-14-9-10-17-4)7-5-12-6-8-15-16(12)3/h6,8,14H,5,7,9-11H2,1-4H3. The molecule has 1 heterocycles. The first-order valence-corrected chi connectivity index (χ1v) is 6.22. The topological polar surface area (TPSA) is 39.1 Å². The van der Waals surface area contributed by atoms with Crippen LogP contribution in [0.1, 0.15) is 26.0 Å². The van der Waals surface area contributed by atoms with Crippen LogP contribution in [0.4, 0.5) is 0 Å². The largest absolute Gasteiger partial charge is 0.383 e. The number of methoxy groups -OCH3 is 1. The summed E-state index contributed by atoms with van der Waals surface area (Å²) in [7, 11) is 3.73. The Morgan fingerprint density at radius 3 is 2.82 bits per heavy atom. The molecular weight excluding hydrogens is 214 g/mol. The van der Waals surface area contributed by atoms with Crippen LogP contribution in [0, 0.1) is 5.41 Å². The maximum Gasteiger partial charge on any atom is 0.0587 e. The monoisotopic (exact) mass is 239 g/mol. The van der Waals surface area contributed by atoms with E-state index in [0.29, 0.717) is 5.41 Å². The molecule has 0 aliphatic rings. The molecule has 98 valence electrons. The van der Waals surface area contributed by atoms with Crippen LogP contribution in [0.5, 0.6) is 0 Å². The van der Waals surface area contributed by atoms with Crippen LogP contribution in [0.3, 0.4) is 0 Å². The quantitative estimate of drug-likeness (QED) is 0.701. The van der Waals surface area contributed by atoms with Crippen LogP contribution in [0.2, 0.25) is 0 Å². The van der Waals surface area contributed by atoms with E-state index < -0.39 is 0 Å². The summed E-state index contributed by atoms with van der Waals surface area (Å²) in [6.07, 6.45) is 4.10. The van der Waals surface area contributed by atoms with Gasteiger partial charge in [-0.25, -0.2) is 0 Å². The Morgan fingerprint density at radius 2 is 2.24 bits per heavy atom. The van der Waals surface area contributed by atoms with Gasteiger partial charge in [-0.3, -0.25) is 4.68 Å². The van der Waals surface area contributed by atoms with E-state index in [0.717, 1.165) is 32.5 Å². The third-order valence-electron chi connectivity index (χ3n) is 3.07. The number of aromatic nitrogens is 2. The van der Waals surface area contributed by atoms with Crippen molar-refractivity contribution in [3.8, 4) is 0 Å². The average Bonchev–Trinajstić information content (AvgIpc) is 2.68. The molecule has 1 aromatic heterocycles. The Bertz CT molecular complexity index is 320. The summed E-state index contributed by atoms with van der Waals surface area (Å²) < 4.78 is 6.97. The van der Waals surface area contributed by atoms with Gasteiger partial charge < -0.3 is 10.1 Å². The molecule has 4 heteroatoms. The van der Waals surface area contributed by atoms with Gasteiger partial charge in [0.05, 0.1) is 6.61 Å². The number of ether oxygens (including phenoxy) is 1. The molecule has 0 fully saturated rings. The van der Waals surface area contributed by atoms with Crippen LogP contribution >= 0.6 is 0 Å². The number of aryl methyl sites for hydroxylation is 2. The van der Waals surface area contributed by atoms with Crippen molar-refractivity contribution >= 4 is 0 Å². The number of nitrogens with one attached hydrogen (secondary N) is 1. The van der Waals surface area contributed by atoms with Crippen molar-refractivity contribution in [2.75, 3.05) is 26.8 Å². The highest BCUT2D eigenvalue weighted by Gasteiger charge is 2.17. The van der Waals surface area contributed by atoms with Gasteiger partial charge in [-0.05, 0) is 24.3 Å². The molecular formula is C13H25N3O. The summed E-state index contributed by atoms with van der Waals surface area (Å²) >= 11 is 0. The number of hydrogen-bond acceptors (Lipinski definition) is 3. The van der Waals surface area contributed by atoms with Gasteiger partial charge in [0.25, 0.3) is 0 Å². The second kappa shape index (κ2) is 6.77. The third-order valence-corrected chi connectivity index (χ3v) is 3.07. The van der Waals surface area contributed by atoms with E-state index in [1.165, 1.54) is 5.69 Å². The van der Waals surface area contributed by atoms with E-state index in [-0.39, 0.29) is 0 Å². The van der Waals surface area contributed by atoms with Crippen molar-refractivity contribution in [1.29, 1.82) is 0 Å². The minimum atomic E-state index is 0.304. The normalized spacial score (nSPS) is 12.0. The Hall–Kier alpha value is -0.870. The Morgan fingerprint density at radius 1 is 1.47 bits per heavy atom. The first kappa shape index (κ1) is 14.2. The van der Waals surface area contributed by atoms with Crippen molar-refractivity contribution in [2.24, 2.45) is 12.5 Å². The Balaban J connectivity index is 2.26. The third kappa shape index (κ3) is 5.33. The van der Waals surface area contributed by atoms with E-state index in [1.54, 1.807) is 7.11 Å². The van der Waals surface area contributed by atoms with Gasteiger partial charge in [0.15, 0.2) is 0 Å². The molecule has 0 aliphatic carbocycles. The maximum absolute atomic E-state index is 5.02.